The minimum Gasteiger partial charge on any atom is -0.476 e. The van der Waals surface area contributed by atoms with Crippen LogP contribution < -0.4 is 0 Å². The van der Waals surface area contributed by atoms with E-state index in [4.69, 9.17) is 5.11 Å². The highest BCUT2D eigenvalue weighted by Gasteiger charge is 2.31. The van der Waals surface area contributed by atoms with Gasteiger partial charge in [-0.3, -0.25) is 0 Å². The molecular weight excluding hydrogens is 355 g/mol. The first-order valence-electron chi connectivity index (χ1n) is 5.80. The van der Waals surface area contributed by atoms with Crippen LogP contribution in [-0.4, -0.2) is 26.1 Å². The predicted molar refractivity (Wildman–Crippen MR) is 70.4 cm³/mol. The summed E-state index contributed by atoms with van der Waals surface area (Å²) in [7, 11) is 0. The number of carboxylic acid groups (broad SMARTS) is 1. The number of aromatic carboxylic acids is 1. The maximum absolute atomic E-state index is 12.8. The molecular formula is C12H9BrF3N3O2. The van der Waals surface area contributed by atoms with E-state index in [1.165, 1.54) is 6.07 Å². The number of hydrogen-bond acceptors (Lipinski definition) is 3. The van der Waals surface area contributed by atoms with Gasteiger partial charge in [0.05, 0.1) is 16.9 Å². The molecule has 21 heavy (non-hydrogen) atoms. The fourth-order valence-corrected chi connectivity index (χ4v) is 2.24. The zero-order valence-corrected chi connectivity index (χ0v) is 12.2. The van der Waals surface area contributed by atoms with E-state index >= 15 is 0 Å². The molecule has 0 fully saturated rings. The minimum absolute atomic E-state index is 0.0849. The molecule has 0 saturated carbocycles. The van der Waals surface area contributed by atoms with Crippen molar-refractivity contribution in [1.82, 2.24) is 15.0 Å². The summed E-state index contributed by atoms with van der Waals surface area (Å²) in [5.74, 6) is -1.28. The third-order valence-electron chi connectivity index (χ3n) is 2.80. The van der Waals surface area contributed by atoms with Crippen LogP contribution in [0.3, 0.4) is 0 Å². The fourth-order valence-electron chi connectivity index (χ4n) is 1.83. The molecule has 5 nitrogen and oxygen atoms in total. The van der Waals surface area contributed by atoms with Crippen LogP contribution in [-0.2, 0) is 12.6 Å². The van der Waals surface area contributed by atoms with Crippen molar-refractivity contribution in [2.24, 2.45) is 0 Å². The molecule has 0 aliphatic heterocycles. The van der Waals surface area contributed by atoms with Gasteiger partial charge in [-0.1, -0.05) is 12.1 Å². The zero-order valence-electron chi connectivity index (χ0n) is 10.6. The predicted octanol–water partition coefficient (Wildman–Crippen LogP) is 3.31. The van der Waals surface area contributed by atoms with Crippen LogP contribution in [0.2, 0.25) is 0 Å². The van der Waals surface area contributed by atoms with Crippen molar-refractivity contribution in [3.05, 3.63) is 39.6 Å². The highest BCUT2D eigenvalue weighted by atomic mass is 79.9. The monoisotopic (exact) mass is 363 g/mol. The average Bonchev–Trinajstić information content (AvgIpc) is 2.81. The first-order valence-corrected chi connectivity index (χ1v) is 6.60. The normalized spacial score (nSPS) is 11.7. The number of carbonyl (C=O) groups is 1. The standard InChI is InChI=1S/C12H9BrF3N3O2/c1-2-8-10(11(20)21)17-18-19(8)9-5-6(12(14,15)16)3-4-7(9)13/h3-5H,2H2,1H3,(H,20,21). The molecule has 1 N–H and O–H groups in total. The Morgan fingerprint density at radius 2 is 2.10 bits per heavy atom. The topological polar surface area (TPSA) is 68.0 Å². The van der Waals surface area contributed by atoms with Crippen molar-refractivity contribution in [3.63, 3.8) is 0 Å². The Labute approximate surface area is 125 Å². The van der Waals surface area contributed by atoms with Crippen LogP contribution in [0.4, 0.5) is 13.2 Å². The van der Waals surface area contributed by atoms with Crippen LogP contribution in [0.1, 0.15) is 28.7 Å². The lowest BCUT2D eigenvalue weighted by molar-refractivity contribution is -0.137. The van der Waals surface area contributed by atoms with Gasteiger partial charge in [-0.15, -0.1) is 5.10 Å². The molecule has 112 valence electrons. The zero-order chi connectivity index (χ0) is 15.8. The third kappa shape index (κ3) is 2.92. The maximum Gasteiger partial charge on any atom is 0.416 e. The number of hydrogen-bond donors (Lipinski definition) is 1. The lowest BCUT2D eigenvalue weighted by atomic mass is 10.2. The van der Waals surface area contributed by atoms with Gasteiger partial charge in [-0.05, 0) is 40.5 Å². The van der Waals surface area contributed by atoms with E-state index in [0.717, 1.165) is 16.8 Å². The van der Waals surface area contributed by atoms with E-state index in [9.17, 15) is 18.0 Å². The highest BCUT2D eigenvalue weighted by Crippen LogP contribution is 2.33. The Morgan fingerprint density at radius 3 is 2.62 bits per heavy atom. The van der Waals surface area contributed by atoms with Gasteiger partial charge >= 0.3 is 12.1 Å². The molecule has 9 heteroatoms. The van der Waals surface area contributed by atoms with E-state index in [-0.39, 0.29) is 23.5 Å². The summed E-state index contributed by atoms with van der Waals surface area (Å²) in [5, 5.41) is 16.2. The minimum atomic E-state index is -4.50. The third-order valence-corrected chi connectivity index (χ3v) is 3.47. The van der Waals surface area contributed by atoms with Crippen molar-refractivity contribution in [1.29, 1.82) is 0 Å². The van der Waals surface area contributed by atoms with Crippen molar-refractivity contribution in [3.8, 4) is 5.69 Å². The van der Waals surface area contributed by atoms with Gasteiger partial charge < -0.3 is 5.11 Å². The van der Waals surface area contributed by atoms with Crippen LogP contribution in [0, 0.1) is 0 Å². The Hall–Kier alpha value is -1.90. The second-order valence-corrected chi connectivity index (χ2v) is 4.97. The number of carboxylic acids is 1. The number of aromatic nitrogens is 3. The van der Waals surface area contributed by atoms with Gasteiger partial charge in [0.2, 0.25) is 0 Å². The smallest absolute Gasteiger partial charge is 0.416 e. The number of alkyl halides is 3. The lowest BCUT2D eigenvalue weighted by Gasteiger charge is -2.12. The summed E-state index contributed by atoms with van der Waals surface area (Å²) in [6, 6.07) is 3.05. The van der Waals surface area contributed by atoms with Crippen molar-refractivity contribution >= 4 is 21.9 Å². The molecule has 0 bridgehead atoms. The second kappa shape index (κ2) is 5.47. The maximum atomic E-state index is 12.8. The molecule has 0 aliphatic carbocycles. The SMILES string of the molecule is CCc1c(C(=O)O)nnn1-c1cc(C(F)(F)F)ccc1Br. The number of rotatable bonds is 3. The van der Waals surface area contributed by atoms with Gasteiger partial charge in [0.15, 0.2) is 5.69 Å². The van der Waals surface area contributed by atoms with E-state index in [1.807, 2.05) is 0 Å². The molecule has 0 atom stereocenters. The second-order valence-electron chi connectivity index (χ2n) is 4.12. The summed E-state index contributed by atoms with van der Waals surface area (Å²) in [5.41, 5.74) is -0.818. The van der Waals surface area contributed by atoms with Crippen LogP contribution in [0.5, 0.6) is 0 Å². The lowest BCUT2D eigenvalue weighted by Crippen LogP contribution is -2.09. The molecule has 0 unspecified atom stereocenters. The molecule has 2 rings (SSSR count). The van der Waals surface area contributed by atoms with Crippen molar-refractivity contribution in [2.75, 3.05) is 0 Å². The molecule has 1 heterocycles. The molecule has 0 saturated heterocycles. The highest BCUT2D eigenvalue weighted by molar-refractivity contribution is 9.10. The Balaban J connectivity index is 2.64. The number of benzene rings is 1. The van der Waals surface area contributed by atoms with Gasteiger partial charge in [-0.25, -0.2) is 9.48 Å². The Bertz CT molecular complexity index is 698. The van der Waals surface area contributed by atoms with E-state index in [2.05, 4.69) is 26.2 Å². The van der Waals surface area contributed by atoms with E-state index in [0.29, 0.717) is 4.47 Å². The number of halogens is 4. The average molecular weight is 364 g/mol. The van der Waals surface area contributed by atoms with Crippen LogP contribution in [0.25, 0.3) is 5.69 Å². The molecule has 2 aromatic rings. The first kappa shape index (κ1) is 15.5. The molecule has 0 radical (unpaired) electrons. The van der Waals surface area contributed by atoms with Crippen molar-refractivity contribution < 1.29 is 23.1 Å². The summed E-state index contributed by atoms with van der Waals surface area (Å²) in [4.78, 5) is 11.0. The quantitative estimate of drug-likeness (QED) is 0.908. The van der Waals surface area contributed by atoms with Crippen LogP contribution in [0.15, 0.2) is 22.7 Å². The Morgan fingerprint density at radius 1 is 1.43 bits per heavy atom. The fraction of sp³-hybridized carbons (Fsp3) is 0.250. The molecule has 1 aromatic heterocycles. The van der Waals surface area contributed by atoms with Gasteiger partial charge in [0, 0.05) is 4.47 Å². The summed E-state index contributed by atoms with van der Waals surface area (Å²) >= 11 is 3.14. The van der Waals surface area contributed by atoms with Gasteiger partial charge in [0.1, 0.15) is 0 Å². The van der Waals surface area contributed by atoms with Crippen LogP contribution >= 0.6 is 15.9 Å². The largest absolute Gasteiger partial charge is 0.476 e. The first-order chi connectivity index (χ1) is 9.75. The molecule has 0 spiro atoms. The van der Waals surface area contributed by atoms with Gasteiger partial charge in [-0.2, -0.15) is 13.2 Å². The Kier molecular flexibility index (Phi) is 4.04. The van der Waals surface area contributed by atoms with E-state index < -0.39 is 17.7 Å². The number of nitrogens with zero attached hydrogens (tertiary/aromatic N) is 3. The molecule has 0 aliphatic rings. The van der Waals surface area contributed by atoms with E-state index in [1.54, 1.807) is 6.92 Å². The summed E-state index contributed by atoms with van der Waals surface area (Å²) < 4.78 is 39.8. The summed E-state index contributed by atoms with van der Waals surface area (Å²) in [6.07, 6.45) is -4.24. The van der Waals surface area contributed by atoms with Crippen molar-refractivity contribution in [2.45, 2.75) is 19.5 Å². The molecule has 1 aromatic carbocycles. The van der Waals surface area contributed by atoms with Gasteiger partial charge in [0.25, 0.3) is 0 Å². The molecule has 0 amide bonds. The summed E-state index contributed by atoms with van der Waals surface area (Å²) in [6.45, 7) is 1.67.